The SMILES string of the molecule is Oc1cc(-c2cn[nH]c2)ccc1-c1cnc(N2CC[C@@H](NC3CCC3)C2)nn1. The molecule has 0 spiro atoms. The second-order valence-corrected chi connectivity index (χ2v) is 7.59. The van der Waals surface area contributed by atoms with E-state index < -0.39 is 0 Å². The zero-order valence-corrected chi connectivity index (χ0v) is 15.5. The Labute approximate surface area is 163 Å². The third kappa shape index (κ3) is 3.31. The molecular formula is C20H23N7O. The van der Waals surface area contributed by atoms with Crippen LogP contribution in [0.2, 0.25) is 0 Å². The van der Waals surface area contributed by atoms with Crippen LogP contribution < -0.4 is 10.2 Å². The van der Waals surface area contributed by atoms with Crippen molar-refractivity contribution in [3.05, 3.63) is 36.8 Å². The Morgan fingerprint density at radius 1 is 1.07 bits per heavy atom. The van der Waals surface area contributed by atoms with Gasteiger partial charge in [0.05, 0.1) is 12.4 Å². The fourth-order valence-electron chi connectivity index (χ4n) is 3.86. The molecule has 2 aromatic heterocycles. The van der Waals surface area contributed by atoms with Crippen molar-refractivity contribution in [1.82, 2.24) is 30.7 Å². The monoisotopic (exact) mass is 377 g/mol. The number of phenolic OH excluding ortho intramolecular Hbond substituents is 1. The van der Waals surface area contributed by atoms with E-state index in [1.807, 2.05) is 12.1 Å². The molecule has 1 aliphatic heterocycles. The third-order valence-corrected chi connectivity index (χ3v) is 5.70. The summed E-state index contributed by atoms with van der Waals surface area (Å²) in [6, 6.07) is 6.66. The molecule has 1 saturated heterocycles. The summed E-state index contributed by atoms with van der Waals surface area (Å²) < 4.78 is 0. The molecule has 3 N–H and O–H groups in total. The van der Waals surface area contributed by atoms with Crippen molar-refractivity contribution in [2.45, 2.75) is 37.8 Å². The summed E-state index contributed by atoms with van der Waals surface area (Å²) >= 11 is 0. The van der Waals surface area contributed by atoms with E-state index >= 15 is 0 Å². The molecule has 0 bridgehead atoms. The van der Waals surface area contributed by atoms with Crippen molar-refractivity contribution in [1.29, 1.82) is 0 Å². The first kappa shape index (κ1) is 17.1. The molecule has 8 heteroatoms. The van der Waals surface area contributed by atoms with Gasteiger partial charge in [0.25, 0.3) is 0 Å². The van der Waals surface area contributed by atoms with E-state index in [2.05, 4.69) is 35.6 Å². The van der Waals surface area contributed by atoms with E-state index in [4.69, 9.17) is 0 Å². The average Bonchev–Trinajstić information content (AvgIpc) is 3.37. The van der Waals surface area contributed by atoms with Crippen LogP contribution in [0.3, 0.4) is 0 Å². The number of aromatic amines is 1. The number of rotatable bonds is 5. The van der Waals surface area contributed by atoms with E-state index in [1.165, 1.54) is 19.3 Å². The first-order valence-electron chi connectivity index (χ1n) is 9.79. The Balaban J connectivity index is 1.29. The molecule has 1 atom stereocenters. The number of nitrogens with one attached hydrogen (secondary N) is 2. The lowest BCUT2D eigenvalue weighted by Gasteiger charge is -2.29. The minimum Gasteiger partial charge on any atom is -0.507 e. The van der Waals surface area contributed by atoms with E-state index in [9.17, 15) is 5.11 Å². The molecule has 1 aromatic carbocycles. The molecular weight excluding hydrogens is 354 g/mol. The average molecular weight is 377 g/mol. The molecule has 28 heavy (non-hydrogen) atoms. The Hall–Kier alpha value is -3.00. The van der Waals surface area contributed by atoms with Gasteiger partial charge in [0.15, 0.2) is 0 Å². The van der Waals surface area contributed by atoms with Crippen molar-refractivity contribution in [3.8, 4) is 28.1 Å². The molecule has 8 nitrogen and oxygen atoms in total. The van der Waals surface area contributed by atoms with Crippen LogP contribution in [0.4, 0.5) is 5.95 Å². The van der Waals surface area contributed by atoms with Gasteiger partial charge in [-0.1, -0.05) is 12.5 Å². The molecule has 0 amide bonds. The quantitative estimate of drug-likeness (QED) is 0.627. The Bertz CT molecular complexity index is 938. The van der Waals surface area contributed by atoms with Crippen LogP contribution in [0.5, 0.6) is 5.75 Å². The number of phenols is 1. The molecule has 1 aliphatic carbocycles. The summed E-state index contributed by atoms with van der Waals surface area (Å²) in [7, 11) is 0. The second kappa shape index (κ2) is 7.20. The van der Waals surface area contributed by atoms with E-state index in [-0.39, 0.29) is 5.75 Å². The van der Waals surface area contributed by atoms with Crippen molar-refractivity contribution >= 4 is 5.95 Å². The molecule has 2 fully saturated rings. The van der Waals surface area contributed by atoms with Gasteiger partial charge < -0.3 is 15.3 Å². The fourth-order valence-corrected chi connectivity index (χ4v) is 3.86. The number of benzene rings is 1. The largest absolute Gasteiger partial charge is 0.507 e. The minimum absolute atomic E-state index is 0.147. The van der Waals surface area contributed by atoms with Crippen LogP contribution in [0.25, 0.3) is 22.4 Å². The summed E-state index contributed by atoms with van der Waals surface area (Å²) in [6.45, 7) is 1.86. The Morgan fingerprint density at radius 3 is 2.68 bits per heavy atom. The van der Waals surface area contributed by atoms with Crippen LogP contribution in [-0.4, -0.2) is 55.7 Å². The van der Waals surface area contributed by atoms with Gasteiger partial charge in [0.2, 0.25) is 5.95 Å². The van der Waals surface area contributed by atoms with Gasteiger partial charge >= 0.3 is 0 Å². The maximum Gasteiger partial charge on any atom is 0.245 e. The van der Waals surface area contributed by atoms with E-state index in [1.54, 1.807) is 24.7 Å². The second-order valence-electron chi connectivity index (χ2n) is 7.59. The van der Waals surface area contributed by atoms with Crippen LogP contribution >= 0.6 is 0 Å². The third-order valence-electron chi connectivity index (χ3n) is 5.70. The van der Waals surface area contributed by atoms with Gasteiger partial charge in [-0.15, -0.1) is 10.2 Å². The van der Waals surface area contributed by atoms with Crippen LogP contribution in [0.1, 0.15) is 25.7 Å². The number of H-pyrrole nitrogens is 1. The van der Waals surface area contributed by atoms with Gasteiger partial charge in [-0.25, -0.2) is 4.98 Å². The molecule has 144 valence electrons. The number of aromatic hydroxyl groups is 1. The van der Waals surface area contributed by atoms with Crippen molar-refractivity contribution in [2.75, 3.05) is 18.0 Å². The highest BCUT2D eigenvalue weighted by molar-refractivity contribution is 5.73. The van der Waals surface area contributed by atoms with Gasteiger partial charge in [-0.2, -0.15) is 5.10 Å². The molecule has 0 unspecified atom stereocenters. The predicted octanol–water partition coefficient (Wildman–Crippen LogP) is 2.36. The highest BCUT2D eigenvalue weighted by atomic mass is 16.3. The molecule has 0 radical (unpaired) electrons. The van der Waals surface area contributed by atoms with Crippen LogP contribution in [0, 0.1) is 0 Å². The van der Waals surface area contributed by atoms with E-state index in [0.717, 1.165) is 30.6 Å². The summed E-state index contributed by atoms with van der Waals surface area (Å²) in [4.78, 5) is 6.67. The maximum atomic E-state index is 10.4. The number of nitrogens with zero attached hydrogens (tertiary/aromatic N) is 5. The summed E-state index contributed by atoms with van der Waals surface area (Å²) in [5.41, 5.74) is 2.98. The van der Waals surface area contributed by atoms with Crippen molar-refractivity contribution in [2.24, 2.45) is 0 Å². The summed E-state index contributed by atoms with van der Waals surface area (Å²) in [5.74, 6) is 0.796. The van der Waals surface area contributed by atoms with Gasteiger partial charge in [0, 0.05) is 42.5 Å². The topological polar surface area (TPSA) is 103 Å². The van der Waals surface area contributed by atoms with Crippen LogP contribution in [-0.2, 0) is 0 Å². The lowest BCUT2D eigenvalue weighted by atomic mass is 9.92. The summed E-state index contributed by atoms with van der Waals surface area (Å²) in [6.07, 6.45) is 10.2. The zero-order valence-electron chi connectivity index (χ0n) is 15.5. The summed E-state index contributed by atoms with van der Waals surface area (Å²) in [5, 5.41) is 29.5. The highest BCUT2D eigenvalue weighted by Gasteiger charge is 2.28. The smallest absolute Gasteiger partial charge is 0.245 e. The molecule has 1 saturated carbocycles. The van der Waals surface area contributed by atoms with Gasteiger partial charge in [-0.3, -0.25) is 5.10 Å². The zero-order chi connectivity index (χ0) is 18.9. The minimum atomic E-state index is 0.147. The number of anilines is 1. The number of hydrogen-bond donors (Lipinski definition) is 3. The Kier molecular flexibility index (Phi) is 4.40. The van der Waals surface area contributed by atoms with Gasteiger partial charge in [-0.05, 0) is 37.0 Å². The lowest BCUT2D eigenvalue weighted by molar-refractivity contribution is 0.311. The van der Waals surface area contributed by atoms with E-state index in [0.29, 0.717) is 29.3 Å². The predicted molar refractivity (Wildman–Crippen MR) is 106 cm³/mol. The van der Waals surface area contributed by atoms with Crippen molar-refractivity contribution in [3.63, 3.8) is 0 Å². The molecule has 3 aromatic rings. The first-order valence-corrected chi connectivity index (χ1v) is 9.79. The number of aromatic nitrogens is 5. The van der Waals surface area contributed by atoms with Crippen molar-refractivity contribution < 1.29 is 5.11 Å². The molecule has 5 rings (SSSR count). The lowest BCUT2D eigenvalue weighted by Crippen LogP contribution is -2.43. The maximum absolute atomic E-state index is 10.4. The normalized spacial score (nSPS) is 19.7. The Morgan fingerprint density at radius 2 is 2.00 bits per heavy atom. The fraction of sp³-hybridized carbons (Fsp3) is 0.400. The van der Waals surface area contributed by atoms with Crippen LogP contribution in [0.15, 0.2) is 36.8 Å². The highest BCUT2D eigenvalue weighted by Crippen LogP contribution is 2.32. The molecule has 3 heterocycles. The molecule has 2 aliphatic rings. The first-order chi connectivity index (χ1) is 13.8. The van der Waals surface area contributed by atoms with Gasteiger partial charge in [0.1, 0.15) is 11.4 Å². The standard InChI is InChI=1S/C20H23N7O/c28-19-8-13(14-9-22-23-10-14)4-5-17(19)18-11-21-20(26-25-18)27-7-6-16(12-27)24-15-2-1-3-15/h4-5,8-11,15-16,24,28H,1-3,6-7,12H2,(H,22,23)/t16-/m1/s1. The number of hydrogen-bond acceptors (Lipinski definition) is 7.